The molecule has 0 aliphatic heterocycles. The Hall–Kier alpha value is -0.810. The van der Waals surface area contributed by atoms with Gasteiger partial charge in [-0.2, -0.15) is 8.42 Å². The van der Waals surface area contributed by atoms with E-state index in [4.69, 9.17) is 4.55 Å². The van der Waals surface area contributed by atoms with Crippen LogP contribution in [0.5, 0.6) is 0 Å². The van der Waals surface area contributed by atoms with Gasteiger partial charge in [-0.15, -0.1) is 0 Å². The Morgan fingerprint density at radius 2 is 1.44 bits per heavy atom. The van der Waals surface area contributed by atoms with E-state index in [1.807, 2.05) is 0 Å². The van der Waals surface area contributed by atoms with Crippen LogP contribution in [-0.2, 0) is 10.1 Å². The minimum atomic E-state index is -4.74. The quantitative estimate of drug-likeness (QED) is 0.374. The first-order valence-electron chi connectivity index (χ1n) is 4.05. The molecule has 9 nitrogen and oxygen atoms in total. The van der Waals surface area contributed by atoms with E-state index in [2.05, 4.69) is 0 Å². The molecule has 0 amide bonds. The summed E-state index contributed by atoms with van der Waals surface area (Å²) in [4.78, 5) is 18.4. The third-order valence-electron chi connectivity index (χ3n) is 2.02. The maximum absolute atomic E-state index is 10.8. The first-order valence-corrected chi connectivity index (χ1v) is 5.49. The van der Waals surface area contributed by atoms with E-state index in [9.17, 15) is 28.6 Å². The summed E-state index contributed by atoms with van der Waals surface area (Å²) in [6.45, 7) is 1.12. The second-order valence-corrected chi connectivity index (χ2v) is 4.50. The molecule has 0 aliphatic carbocycles. The van der Waals surface area contributed by atoms with Crippen molar-refractivity contribution in [3.63, 3.8) is 0 Å². The molecule has 0 saturated heterocycles. The number of benzene rings is 1. The molecule has 18 heavy (non-hydrogen) atoms. The molecule has 1 aromatic rings. The molecule has 11 heteroatoms. The summed E-state index contributed by atoms with van der Waals surface area (Å²) in [5.74, 6) is 0. The van der Waals surface area contributed by atoms with Gasteiger partial charge in [0.1, 0.15) is 10.5 Å². The van der Waals surface area contributed by atoms with E-state index in [-0.39, 0.29) is 43.3 Å². The summed E-state index contributed by atoms with van der Waals surface area (Å²) in [6, 6.07) is 1.13. The van der Waals surface area contributed by atoms with Crippen LogP contribution in [0.15, 0.2) is 17.0 Å². The molecule has 1 aromatic carbocycles. The molecule has 0 heterocycles. The molecule has 0 radical (unpaired) electrons. The van der Waals surface area contributed by atoms with Crippen LogP contribution in [0.4, 0.5) is 11.4 Å². The van der Waals surface area contributed by atoms with Crippen molar-refractivity contribution < 1.29 is 22.8 Å². The molecule has 0 saturated carbocycles. The number of nitro benzene ring substituents is 2. The van der Waals surface area contributed by atoms with Crippen LogP contribution in [0, 0.1) is 27.2 Å². The summed E-state index contributed by atoms with van der Waals surface area (Å²) in [5, 5.41) is 21.2. The molecule has 0 bridgehead atoms. The van der Waals surface area contributed by atoms with Gasteiger partial charge in [-0.25, -0.2) is 0 Å². The molecule has 0 aromatic heterocycles. The second kappa shape index (κ2) is 5.89. The predicted molar refractivity (Wildman–Crippen MR) is 60.1 cm³/mol. The molecule has 0 aliphatic rings. The van der Waals surface area contributed by atoms with Gasteiger partial charge in [-0.05, 0) is 6.92 Å². The van der Waals surface area contributed by atoms with Crippen molar-refractivity contribution in [1.29, 1.82) is 0 Å². The number of nitro groups is 2. The Balaban J connectivity index is 0.00000289. The minimum absolute atomic E-state index is 0. The van der Waals surface area contributed by atoms with E-state index in [0.717, 1.165) is 6.92 Å². The summed E-state index contributed by atoms with van der Waals surface area (Å²) in [5.41, 5.74) is -1.77. The largest absolute Gasteiger partial charge is 2.00 e. The van der Waals surface area contributed by atoms with Crippen molar-refractivity contribution in [1.82, 2.24) is 0 Å². The maximum atomic E-state index is 10.8. The SMILES string of the molecule is Cc1c([N+](=O)[O-])cc(S(=O)(=O)O)cc1[N+](=O)[O-].[Ca+2]. The first kappa shape index (κ1) is 17.2. The maximum Gasteiger partial charge on any atom is 2.00 e. The normalized spacial score (nSPS) is 10.6. The predicted octanol–water partition coefficient (Wildman–Crippen LogP) is 0.677. The second-order valence-electron chi connectivity index (χ2n) is 3.08. The standard InChI is InChI=1S/C7H6N2O7S.Ca/c1-4-6(8(10)11)2-5(17(14,15)16)3-7(4)9(12)13;/h2-3H,1H3,(H,14,15,16);/q;+2. The summed E-state index contributed by atoms with van der Waals surface area (Å²) < 4.78 is 30.3. The van der Waals surface area contributed by atoms with Gasteiger partial charge in [0.25, 0.3) is 21.5 Å². The number of hydrogen-bond donors (Lipinski definition) is 1. The van der Waals surface area contributed by atoms with E-state index < -0.39 is 36.2 Å². The van der Waals surface area contributed by atoms with E-state index in [1.165, 1.54) is 0 Å². The summed E-state index contributed by atoms with van der Waals surface area (Å²) >= 11 is 0. The van der Waals surface area contributed by atoms with Crippen molar-refractivity contribution in [3.05, 3.63) is 37.9 Å². The van der Waals surface area contributed by atoms with Crippen LogP contribution in [0.1, 0.15) is 5.56 Å². The Labute approximate surface area is 131 Å². The molecule has 0 unspecified atom stereocenters. The Morgan fingerprint density at radius 3 is 1.67 bits per heavy atom. The van der Waals surface area contributed by atoms with Gasteiger partial charge in [-0.1, -0.05) is 0 Å². The minimum Gasteiger partial charge on any atom is -0.282 e. The van der Waals surface area contributed by atoms with Gasteiger partial charge in [0.2, 0.25) is 0 Å². The topological polar surface area (TPSA) is 141 Å². The van der Waals surface area contributed by atoms with Gasteiger partial charge in [0, 0.05) is 12.1 Å². The van der Waals surface area contributed by atoms with Crippen LogP contribution in [0.25, 0.3) is 0 Å². The molecule has 1 N–H and O–H groups in total. The molecule has 1 rings (SSSR count). The average Bonchev–Trinajstić information content (AvgIpc) is 2.14. The Bertz CT molecular complexity index is 577. The van der Waals surface area contributed by atoms with Crippen molar-refractivity contribution >= 4 is 59.2 Å². The average molecular weight is 302 g/mol. The fraction of sp³-hybridized carbons (Fsp3) is 0.143. The molecule has 0 fully saturated rings. The van der Waals surface area contributed by atoms with Crippen molar-refractivity contribution in [3.8, 4) is 0 Å². The number of hydrogen-bond acceptors (Lipinski definition) is 6. The Kier molecular flexibility index (Phi) is 5.62. The molecule has 92 valence electrons. The zero-order valence-electron chi connectivity index (χ0n) is 9.06. The molecular formula is C7H6CaN2O7S+2. The smallest absolute Gasteiger partial charge is 0.282 e. The fourth-order valence-electron chi connectivity index (χ4n) is 1.19. The zero-order valence-corrected chi connectivity index (χ0v) is 12.1. The molecule has 0 atom stereocenters. The number of rotatable bonds is 3. The van der Waals surface area contributed by atoms with E-state index in [1.54, 1.807) is 0 Å². The van der Waals surface area contributed by atoms with Crippen LogP contribution in [0.2, 0.25) is 0 Å². The van der Waals surface area contributed by atoms with Crippen molar-refractivity contribution in [2.24, 2.45) is 0 Å². The number of nitrogens with zero attached hydrogens (tertiary/aromatic N) is 2. The van der Waals surface area contributed by atoms with Gasteiger partial charge < -0.3 is 0 Å². The van der Waals surface area contributed by atoms with Gasteiger partial charge in [0.15, 0.2) is 0 Å². The van der Waals surface area contributed by atoms with Gasteiger partial charge in [-0.3, -0.25) is 24.8 Å². The van der Waals surface area contributed by atoms with Gasteiger partial charge >= 0.3 is 37.7 Å². The third-order valence-corrected chi connectivity index (χ3v) is 2.85. The van der Waals surface area contributed by atoms with Crippen LogP contribution < -0.4 is 0 Å². The van der Waals surface area contributed by atoms with Crippen LogP contribution in [-0.4, -0.2) is 60.6 Å². The first-order chi connectivity index (χ1) is 7.64. The molecular weight excluding hydrogens is 296 g/mol. The van der Waals surface area contributed by atoms with Crippen molar-refractivity contribution in [2.45, 2.75) is 11.8 Å². The zero-order chi connectivity index (χ0) is 13.4. The van der Waals surface area contributed by atoms with Crippen molar-refractivity contribution in [2.75, 3.05) is 0 Å². The summed E-state index contributed by atoms with van der Waals surface area (Å²) in [6.07, 6.45) is 0. The monoisotopic (exact) mass is 302 g/mol. The fourth-order valence-corrected chi connectivity index (χ4v) is 1.71. The Morgan fingerprint density at radius 1 is 1.11 bits per heavy atom. The van der Waals surface area contributed by atoms with Gasteiger partial charge in [0.05, 0.1) is 9.85 Å². The van der Waals surface area contributed by atoms with E-state index in [0.29, 0.717) is 12.1 Å². The molecule has 0 spiro atoms. The third kappa shape index (κ3) is 3.59. The van der Waals surface area contributed by atoms with Crippen LogP contribution in [0.3, 0.4) is 0 Å². The van der Waals surface area contributed by atoms with Crippen LogP contribution >= 0.6 is 0 Å². The summed E-state index contributed by atoms with van der Waals surface area (Å²) in [7, 11) is -4.74. The van der Waals surface area contributed by atoms with E-state index >= 15 is 0 Å².